The molecule has 1 radical (unpaired) electrons. The number of fused-ring (bicyclic) bond motifs is 3. The van der Waals surface area contributed by atoms with Gasteiger partial charge in [-0.1, -0.05) is 66.8 Å². The zero-order valence-corrected chi connectivity index (χ0v) is 27.7. The molecule has 0 atom stereocenters. The van der Waals surface area contributed by atoms with Gasteiger partial charge in [0.05, 0.1) is 11.3 Å². The van der Waals surface area contributed by atoms with Crippen LogP contribution in [0.2, 0.25) is 0 Å². The van der Waals surface area contributed by atoms with E-state index >= 15 is 0 Å². The minimum atomic E-state index is 0. The predicted molar refractivity (Wildman–Crippen MR) is 176 cm³/mol. The Morgan fingerprint density at radius 2 is 1.50 bits per heavy atom. The molecule has 0 fully saturated rings. The Hall–Kier alpha value is -4.44. The molecule has 7 aromatic rings. The minimum absolute atomic E-state index is 0. The van der Waals surface area contributed by atoms with E-state index in [1.165, 1.54) is 22.3 Å². The van der Waals surface area contributed by atoms with Crippen LogP contribution in [0.25, 0.3) is 55.8 Å². The molecule has 0 saturated carbocycles. The second-order valence-electron chi connectivity index (χ2n) is 11.2. The maximum atomic E-state index is 6.32. The van der Waals surface area contributed by atoms with Gasteiger partial charge in [-0.2, -0.15) is 0 Å². The molecular formula is C39H33IrN3O-2. The summed E-state index contributed by atoms with van der Waals surface area (Å²) in [6.45, 7) is 8.70. The van der Waals surface area contributed by atoms with E-state index in [2.05, 4.69) is 92.3 Å². The van der Waals surface area contributed by atoms with Crippen LogP contribution in [0.1, 0.15) is 30.5 Å². The van der Waals surface area contributed by atoms with Gasteiger partial charge in [-0.25, -0.2) is 4.98 Å². The number of furan rings is 1. The van der Waals surface area contributed by atoms with Crippen LogP contribution in [0.4, 0.5) is 0 Å². The third-order valence-corrected chi connectivity index (χ3v) is 7.41. The van der Waals surface area contributed by atoms with E-state index in [1.54, 1.807) is 6.20 Å². The second-order valence-corrected chi connectivity index (χ2v) is 11.2. The van der Waals surface area contributed by atoms with Crippen molar-refractivity contribution in [2.24, 2.45) is 5.92 Å². The monoisotopic (exact) mass is 752 g/mol. The molecule has 0 N–H and O–H groups in total. The average molecular weight is 752 g/mol. The molecular weight excluding hydrogens is 719 g/mol. The fourth-order valence-corrected chi connectivity index (χ4v) is 5.45. The second kappa shape index (κ2) is 13.9. The molecule has 0 aliphatic rings. The Labute approximate surface area is 272 Å². The molecule has 0 aliphatic heterocycles. The van der Waals surface area contributed by atoms with Gasteiger partial charge in [-0.3, -0.25) is 0 Å². The molecule has 221 valence electrons. The molecule has 3 aromatic carbocycles. The van der Waals surface area contributed by atoms with Crippen LogP contribution in [0.3, 0.4) is 0 Å². The number of benzene rings is 3. The maximum absolute atomic E-state index is 6.32. The van der Waals surface area contributed by atoms with Crippen molar-refractivity contribution in [1.82, 2.24) is 15.0 Å². The maximum Gasteiger partial charge on any atom is 0.216 e. The first-order valence-electron chi connectivity index (χ1n) is 14.6. The fourth-order valence-electron chi connectivity index (χ4n) is 5.45. The number of pyridine rings is 3. The summed E-state index contributed by atoms with van der Waals surface area (Å²) in [6.07, 6.45) is 4.68. The van der Waals surface area contributed by atoms with Crippen molar-refractivity contribution in [3.63, 3.8) is 0 Å². The van der Waals surface area contributed by atoms with E-state index in [4.69, 9.17) is 9.40 Å². The van der Waals surface area contributed by atoms with Gasteiger partial charge in [0.2, 0.25) is 5.71 Å². The van der Waals surface area contributed by atoms with Crippen molar-refractivity contribution in [3.8, 4) is 33.8 Å². The first-order valence-corrected chi connectivity index (χ1v) is 14.6. The zero-order chi connectivity index (χ0) is 29.8. The molecule has 4 nitrogen and oxygen atoms in total. The van der Waals surface area contributed by atoms with Gasteiger partial charge in [0.25, 0.3) is 0 Å². The van der Waals surface area contributed by atoms with Gasteiger partial charge in [-0.15, -0.1) is 54.1 Å². The van der Waals surface area contributed by atoms with Crippen molar-refractivity contribution >= 4 is 22.1 Å². The molecule has 0 spiro atoms. The minimum Gasteiger partial charge on any atom is -0.486 e. The molecule has 0 bridgehead atoms. The standard InChI is InChI=1S/C28H25N2O.C11H8N.Ir/c1-17(2)15-20-13-14-29-25(16-20)23-10-6-9-21-22-11-12-24(30-28(22)31-27(21)23)26-18(3)7-5-8-19(26)4;1-2-6-10(7-3-1)11-8-4-5-9-12-11;/h5-9,11-14,16-17H,15H2,1-4H3;1-6,8-9H;/q2*-1;. The average Bonchev–Trinajstić information content (AvgIpc) is 3.40. The van der Waals surface area contributed by atoms with E-state index in [0.29, 0.717) is 11.6 Å². The number of nitrogens with zero attached hydrogens (tertiary/aromatic N) is 3. The van der Waals surface area contributed by atoms with Crippen molar-refractivity contribution in [2.75, 3.05) is 0 Å². The fraction of sp³-hybridized carbons (Fsp3) is 0.154. The third kappa shape index (κ3) is 6.70. The molecule has 0 saturated heterocycles. The van der Waals surface area contributed by atoms with Crippen LogP contribution in [0, 0.1) is 31.9 Å². The van der Waals surface area contributed by atoms with Crippen molar-refractivity contribution in [1.29, 1.82) is 0 Å². The summed E-state index contributed by atoms with van der Waals surface area (Å²) >= 11 is 0. The van der Waals surface area contributed by atoms with Gasteiger partial charge < -0.3 is 14.4 Å². The molecule has 0 aliphatic carbocycles. The van der Waals surface area contributed by atoms with Gasteiger partial charge in [-0.05, 0) is 73.0 Å². The Kier molecular flexibility index (Phi) is 9.79. The molecule has 5 heteroatoms. The van der Waals surface area contributed by atoms with E-state index in [0.717, 1.165) is 51.0 Å². The molecule has 4 aromatic heterocycles. The quantitative estimate of drug-likeness (QED) is 0.165. The van der Waals surface area contributed by atoms with Crippen molar-refractivity contribution in [2.45, 2.75) is 34.1 Å². The van der Waals surface area contributed by atoms with Crippen LogP contribution in [0.5, 0.6) is 0 Å². The summed E-state index contributed by atoms with van der Waals surface area (Å²) in [5.41, 5.74) is 11.0. The summed E-state index contributed by atoms with van der Waals surface area (Å²) in [7, 11) is 0. The Morgan fingerprint density at radius 1 is 0.705 bits per heavy atom. The van der Waals surface area contributed by atoms with E-state index in [9.17, 15) is 0 Å². The molecule has 7 rings (SSSR count). The number of hydrogen-bond donors (Lipinski definition) is 0. The molecule has 44 heavy (non-hydrogen) atoms. The summed E-state index contributed by atoms with van der Waals surface area (Å²) in [4.78, 5) is 13.7. The first kappa shape index (κ1) is 31.0. The SMILES string of the molecule is Cc1cccc(C)c1-c1ccc2c(n1)oc1c(-c3cc(CC(C)C)ccn3)[c-]ccc12.[Ir].[c-]1ccccc1-c1ccccn1. The summed E-state index contributed by atoms with van der Waals surface area (Å²) in [5.74, 6) is 0.591. The van der Waals surface area contributed by atoms with E-state index in [-0.39, 0.29) is 20.1 Å². The van der Waals surface area contributed by atoms with E-state index in [1.807, 2.05) is 60.8 Å². The number of hydrogen-bond acceptors (Lipinski definition) is 4. The number of aryl methyl sites for hydroxylation is 2. The predicted octanol–water partition coefficient (Wildman–Crippen LogP) is 9.87. The summed E-state index contributed by atoms with van der Waals surface area (Å²) < 4.78 is 6.32. The Balaban J connectivity index is 0.000000248. The molecule has 0 amide bonds. The third-order valence-electron chi connectivity index (χ3n) is 7.41. The van der Waals surface area contributed by atoms with Crippen LogP contribution >= 0.6 is 0 Å². The largest absolute Gasteiger partial charge is 0.486 e. The van der Waals surface area contributed by atoms with E-state index < -0.39 is 0 Å². The van der Waals surface area contributed by atoms with Crippen LogP contribution < -0.4 is 0 Å². The summed E-state index contributed by atoms with van der Waals surface area (Å²) in [6, 6.07) is 38.9. The van der Waals surface area contributed by atoms with Gasteiger partial charge in [0.15, 0.2) is 0 Å². The van der Waals surface area contributed by atoms with Crippen molar-refractivity contribution < 1.29 is 24.5 Å². The normalized spacial score (nSPS) is 10.8. The first-order chi connectivity index (χ1) is 21.0. The molecule has 0 unspecified atom stereocenters. The van der Waals surface area contributed by atoms with Crippen LogP contribution in [-0.2, 0) is 26.5 Å². The van der Waals surface area contributed by atoms with Gasteiger partial charge in [0, 0.05) is 43.4 Å². The molecule has 4 heterocycles. The van der Waals surface area contributed by atoms with Gasteiger partial charge in [0.1, 0.15) is 0 Å². The van der Waals surface area contributed by atoms with Gasteiger partial charge >= 0.3 is 0 Å². The Bertz CT molecular complexity index is 1940. The smallest absolute Gasteiger partial charge is 0.216 e. The number of rotatable bonds is 5. The Morgan fingerprint density at radius 3 is 2.23 bits per heavy atom. The zero-order valence-electron chi connectivity index (χ0n) is 25.3. The topological polar surface area (TPSA) is 51.8 Å². The van der Waals surface area contributed by atoms with Crippen LogP contribution in [-0.4, -0.2) is 15.0 Å². The van der Waals surface area contributed by atoms with Crippen molar-refractivity contribution in [3.05, 3.63) is 138 Å². The number of aromatic nitrogens is 3. The summed E-state index contributed by atoms with van der Waals surface area (Å²) in [5, 5.41) is 2.05. The van der Waals surface area contributed by atoms with Crippen LogP contribution in [0.15, 0.2) is 114 Å².